The SMILES string of the molecule is C#CCNCC(=O)N1CCCN(CC(N)=O)CC1. The molecule has 0 aromatic rings. The molecule has 0 bridgehead atoms. The van der Waals surface area contributed by atoms with E-state index >= 15 is 0 Å². The van der Waals surface area contributed by atoms with E-state index in [1.807, 2.05) is 4.90 Å². The average molecular weight is 252 g/mol. The minimum atomic E-state index is -0.328. The third kappa shape index (κ3) is 5.17. The van der Waals surface area contributed by atoms with Gasteiger partial charge in [-0.3, -0.25) is 19.8 Å². The van der Waals surface area contributed by atoms with Gasteiger partial charge in [0.1, 0.15) is 0 Å². The van der Waals surface area contributed by atoms with Crippen LogP contribution in [0, 0.1) is 12.3 Å². The molecule has 6 heteroatoms. The molecule has 0 spiro atoms. The molecule has 3 N–H and O–H groups in total. The van der Waals surface area contributed by atoms with Crippen LogP contribution in [0.3, 0.4) is 0 Å². The summed E-state index contributed by atoms with van der Waals surface area (Å²) in [4.78, 5) is 26.5. The molecular weight excluding hydrogens is 232 g/mol. The lowest BCUT2D eigenvalue weighted by Gasteiger charge is -2.21. The summed E-state index contributed by atoms with van der Waals surface area (Å²) in [6, 6.07) is 0. The van der Waals surface area contributed by atoms with Crippen LogP contribution in [0.2, 0.25) is 0 Å². The number of amides is 2. The molecule has 1 aliphatic heterocycles. The van der Waals surface area contributed by atoms with E-state index in [0.29, 0.717) is 26.2 Å². The first-order valence-corrected chi connectivity index (χ1v) is 6.06. The molecule has 0 aliphatic carbocycles. The van der Waals surface area contributed by atoms with Crippen molar-refractivity contribution in [2.75, 3.05) is 45.8 Å². The molecule has 0 unspecified atom stereocenters. The minimum Gasteiger partial charge on any atom is -0.369 e. The Kier molecular flexibility index (Phi) is 6.19. The molecule has 6 nitrogen and oxygen atoms in total. The standard InChI is InChI=1S/C12H20N4O2/c1-2-4-14-9-12(18)16-6-3-5-15(7-8-16)10-11(13)17/h1,14H,3-10H2,(H2,13,17). The Morgan fingerprint density at radius 3 is 2.72 bits per heavy atom. The number of terminal acetylenes is 1. The highest BCUT2D eigenvalue weighted by Crippen LogP contribution is 2.02. The first-order chi connectivity index (χ1) is 8.63. The predicted molar refractivity (Wildman–Crippen MR) is 68.5 cm³/mol. The number of hydrogen-bond donors (Lipinski definition) is 2. The fourth-order valence-electron chi connectivity index (χ4n) is 1.95. The zero-order valence-electron chi connectivity index (χ0n) is 10.5. The number of nitrogens with two attached hydrogens (primary N) is 1. The van der Waals surface area contributed by atoms with Gasteiger partial charge in [-0.2, -0.15) is 0 Å². The van der Waals surface area contributed by atoms with Crippen molar-refractivity contribution in [3.8, 4) is 12.3 Å². The Morgan fingerprint density at radius 2 is 2.06 bits per heavy atom. The van der Waals surface area contributed by atoms with E-state index in [1.54, 1.807) is 4.90 Å². The van der Waals surface area contributed by atoms with Gasteiger partial charge >= 0.3 is 0 Å². The second-order valence-corrected chi connectivity index (χ2v) is 4.28. The Balaban J connectivity index is 2.34. The molecule has 0 radical (unpaired) electrons. The van der Waals surface area contributed by atoms with Crippen LogP contribution < -0.4 is 11.1 Å². The highest BCUT2D eigenvalue weighted by Gasteiger charge is 2.19. The van der Waals surface area contributed by atoms with E-state index in [1.165, 1.54) is 0 Å². The molecule has 18 heavy (non-hydrogen) atoms. The van der Waals surface area contributed by atoms with Crippen LogP contribution in [-0.4, -0.2) is 67.4 Å². The second-order valence-electron chi connectivity index (χ2n) is 4.28. The number of carbonyl (C=O) groups excluding carboxylic acids is 2. The third-order valence-electron chi connectivity index (χ3n) is 2.82. The zero-order valence-corrected chi connectivity index (χ0v) is 10.5. The lowest BCUT2D eigenvalue weighted by Crippen LogP contribution is -2.41. The maximum absolute atomic E-state index is 11.8. The number of nitrogens with one attached hydrogen (secondary N) is 1. The monoisotopic (exact) mass is 252 g/mol. The molecule has 1 heterocycles. The molecule has 0 saturated carbocycles. The Labute approximate surface area is 107 Å². The van der Waals surface area contributed by atoms with Crippen molar-refractivity contribution in [2.24, 2.45) is 5.73 Å². The highest BCUT2D eigenvalue weighted by molar-refractivity contribution is 5.78. The Bertz CT molecular complexity index is 337. The van der Waals surface area contributed by atoms with Crippen molar-refractivity contribution >= 4 is 11.8 Å². The van der Waals surface area contributed by atoms with Crippen LogP contribution in [0.25, 0.3) is 0 Å². The van der Waals surface area contributed by atoms with Crippen LogP contribution in [0.1, 0.15) is 6.42 Å². The number of carbonyl (C=O) groups is 2. The Morgan fingerprint density at radius 1 is 1.28 bits per heavy atom. The van der Waals surface area contributed by atoms with Crippen LogP contribution in [0.15, 0.2) is 0 Å². The van der Waals surface area contributed by atoms with Gasteiger partial charge in [-0.15, -0.1) is 6.42 Å². The highest BCUT2D eigenvalue weighted by atomic mass is 16.2. The van der Waals surface area contributed by atoms with E-state index in [0.717, 1.165) is 13.0 Å². The van der Waals surface area contributed by atoms with Crippen molar-refractivity contribution in [2.45, 2.75) is 6.42 Å². The lowest BCUT2D eigenvalue weighted by atomic mass is 10.3. The van der Waals surface area contributed by atoms with E-state index in [9.17, 15) is 9.59 Å². The van der Waals surface area contributed by atoms with Crippen molar-refractivity contribution in [3.05, 3.63) is 0 Å². The lowest BCUT2D eigenvalue weighted by molar-refractivity contribution is -0.130. The maximum Gasteiger partial charge on any atom is 0.236 e. The van der Waals surface area contributed by atoms with Gasteiger partial charge in [0.05, 0.1) is 19.6 Å². The van der Waals surface area contributed by atoms with Gasteiger partial charge in [-0.1, -0.05) is 5.92 Å². The summed E-state index contributed by atoms with van der Waals surface area (Å²) in [7, 11) is 0. The zero-order chi connectivity index (χ0) is 13.4. The van der Waals surface area contributed by atoms with Crippen LogP contribution in [-0.2, 0) is 9.59 Å². The summed E-state index contributed by atoms with van der Waals surface area (Å²) in [6.45, 7) is 3.74. The smallest absolute Gasteiger partial charge is 0.236 e. The normalized spacial score (nSPS) is 16.9. The minimum absolute atomic E-state index is 0.0474. The van der Waals surface area contributed by atoms with E-state index in [4.69, 9.17) is 12.2 Å². The Hall–Kier alpha value is -1.58. The summed E-state index contributed by atoms with van der Waals surface area (Å²) < 4.78 is 0. The number of rotatable bonds is 5. The van der Waals surface area contributed by atoms with Crippen LogP contribution in [0.5, 0.6) is 0 Å². The second kappa shape index (κ2) is 7.69. The summed E-state index contributed by atoms with van der Waals surface area (Å²) in [5.74, 6) is 2.14. The molecule has 1 aliphatic rings. The quantitative estimate of drug-likeness (QED) is 0.448. The number of nitrogens with zero attached hydrogens (tertiary/aromatic N) is 2. The molecule has 2 amide bonds. The van der Waals surface area contributed by atoms with E-state index in [2.05, 4.69) is 11.2 Å². The van der Waals surface area contributed by atoms with Gasteiger partial charge in [0.15, 0.2) is 0 Å². The fraction of sp³-hybridized carbons (Fsp3) is 0.667. The summed E-state index contributed by atoms with van der Waals surface area (Å²) in [5, 5.41) is 2.88. The van der Waals surface area contributed by atoms with Gasteiger partial charge in [0.2, 0.25) is 11.8 Å². The summed E-state index contributed by atoms with van der Waals surface area (Å²) in [6.07, 6.45) is 5.95. The molecule has 1 saturated heterocycles. The topological polar surface area (TPSA) is 78.7 Å². The molecule has 0 atom stereocenters. The number of hydrogen-bond acceptors (Lipinski definition) is 4. The molecule has 100 valence electrons. The summed E-state index contributed by atoms with van der Waals surface area (Å²) in [5.41, 5.74) is 5.16. The molecule has 1 rings (SSSR count). The first kappa shape index (κ1) is 14.5. The molecular formula is C12H20N4O2. The number of primary amides is 1. The molecule has 0 aromatic carbocycles. The maximum atomic E-state index is 11.8. The van der Waals surface area contributed by atoms with Gasteiger partial charge in [0.25, 0.3) is 0 Å². The largest absolute Gasteiger partial charge is 0.369 e. The molecule has 1 fully saturated rings. The van der Waals surface area contributed by atoms with Gasteiger partial charge in [-0.25, -0.2) is 0 Å². The van der Waals surface area contributed by atoms with Gasteiger partial charge < -0.3 is 10.6 Å². The van der Waals surface area contributed by atoms with Crippen molar-refractivity contribution in [3.63, 3.8) is 0 Å². The van der Waals surface area contributed by atoms with Crippen molar-refractivity contribution in [1.29, 1.82) is 0 Å². The van der Waals surface area contributed by atoms with Crippen molar-refractivity contribution < 1.29 is 9.59 Å². The van der Waals surface area contributed by atoms with Crippen LogP contribution in [0.4, 0.5) is 0 Å². The van der Waals surface area contributed by atoms with Gasteiger partial charge in [-0.05, 0) is 6.42 Å². The predicted octanol–water partition coefficient (Wildman–Crippen LogP) is -1.77. The van der Waals surface area contributed by atoms with Crippen molar-refractivity contribution in [1.82, 2.24) is 15.1 Å². The third-order valence-corrected chi connectivity index (χ3v) is 2.82. The van der Waals surface area contributed by atoms with Crippen LogP contribution >= 0.6 is 0 Å². The van der Waals surface area contributed by atoms with Gasteiger partial charge in [0, 0.05) is 26.2 Å². The van der Waals surface area contributed by atoms with E-state index < -0.39 is 0 Å². The first-order valence-electron chi connectivity index (χ1n) is 6.06. The average Bonchev–Trinajstić information content (AvgIpc) is 2.54. The fourth-order valence-corrected chi connectivity index (χ4v) is 1.95. The summed E-state index contributed by atoms with van der Waals surface area (Å²) >= 11 is 0. The molecule has 0 aromatic heterocycles. The van der Waals surface area contributed by atoms with E-state index in [-0.39, 0.29) is 24.9 Å².